The first-order valence-corrected chi connectivity index (χ1v) is 3.88. The zero-order valence-electron chi connectivity index (χ0n) is 7.42. The molecule has 2 heteroatoms. The van der Waals surface area contributed by atoms with Gasteiger partial charge in [-0.2, -0.15) is 0 Å². The van der Waals surface area contributed by atoms with Crippen molar-refractivity contribution >= 4 is 12.1 Å². The molecule has 0 saturated carbocycles. The van der Waals surface area contributed by atoms with Crippen molar-refractivity contribution in [3.63, 3.8) is 0 Å². The summed E-state index contributed by atoms with van der Waals surface area (Å²) in [6.45, 7) is 5.82. The molecule has 0 unspecified atom stereocenters. The van der Waals surface area contributed by atoms with Crippen LogP contribution in [0.4, 0.5) is 0 Å². The number of amides is 1. The third-order valence-electron chi connectivity index (χ3n) is 1.05. The van der Waals surface area contributed by atoms with E-state index in [1.807, 2.05) is 13.8 Å². The minimum Gasteiger partial charge on any atom is -0.267 e. The molecule has 0 aromatic rings. The van der Waals surface area contributed by atoms with Crippen molar-refractivity contribution in [2.45, 2.75) is 33.6 Å². The van der Waals surface area contributed by atoms with E-state index in [4.69, 9.17) is 0 Å². The summed E-state index contributed by atoms with van der Waals surface area (Å²) in [5, 5.41) is 0. The Morgan fingerprint density at radius 3 is 2.55 bits per heavy atom. The van der Waals surface area contributed by atoms with Crippen LogP contribution in [0.15, 0.2) is 16.6 Å². The van der Waals surface area contributed by atoms with Crippen LogP contribution in [-0.2, 0) is 4.79 Å². The third kappa shape index (κ3) is 6.97. The summed E-state index contributed by atoms with van der Waals surface area (Å²) in [5.41, 5.74) is 0.989. The van der Waals surface area contributed by atoms with Gasteiger partial charge in [-0.05, 0) is 20.3 Å². The number of aliphatic imine (C=N–C) groups is 1. The fourth-order valence-corrected chi connectivity index (χ4v) is 0.568. The van der Waals surface area contributed by atoms with Gasteiger partial charge in [0.05, 0.1) is 0 Å². The molecule has 11 heavy (non-hydrogen) atoms. The van der Waals surface area contributed by atoms with Gasteiger partial charge in [0.15, 0.2) is 0 Å². The van der Waals surface area contributed by atoms with Crippen LogP contribution in [-0.4, -0.2) is 12.1 Å². The van der Waals surface area contributed by atoms with Crippen molar-refractivity contribution < 1.29 is 4.79 Å². The SMILES string of the molecule is CCCC=NC(=O)C=C(C)C. The van der Waals surface area contributed by atoms with Crippen LogP contribution in [0.25, 0.3) is 0 Å². The van der Waals surface area contributed by atoms with Gasteiger partial charge in [0.2, 0.25) is 0 Å². The number of hydrogen-bond acceptors (Lipinski definition) is 1. The number of unbranched alkanes of at least 4 members (excludes halogenated alkanes) is 1. The Labute approximate surface area is 68.0 Å². The predicted molar refractivity (Wildman–Crippen MR) is 47.8 cm³/mol. The highest BCUT2D eigenvalue weighted by atomic mass is 16.1. The lowest BCUT2D eigenvalue weighted by molar-refractivity contribution is -0.113. The van der Waals surface area contributed by atoms with Crippen molar-refractivity contribution in [1.82, 2.24) is 0 Å². The van der Waals surface area contributed by atoms with Gasteiger partial charge in [-0.3, -0.25) is 4.79 Å². The monoisotopic (exact) mass is 153 g/mol. The zero-order chi connectivity index (χ0) is 8.69. The Morgan fingerprint density at radius 2 is 2.09 bits per heavy atom. The molecule has 0 aromatic carbocycles. The second-order valence-electron chi connectivity index (χ2n) is 2.66. The maximum atomic E-state index is 10.9. The van der Waals surface area contributed by atoms with Crippen LogP contribution < -0.4 is 0 Å². The summed E-state index contributed by atoms with van der Waals surface area (Å²) in [4.78, 5) is 14.6. The largest absolute Gasteiger partial charge is 0.269 e. The highest BCUT2D eigenvalue weighted by molar-refractivity contribution is 5.93. The second kappa shape index (κ2) is 5.83. The lowest BCUT2D eigenvalue weighted by Gasteiger charge is -1.86. The molecule has 0 aliphatic rings. The molecule has 0 heterocycles. The van der Waals surface area contributed by atoms with Crippen molar-refractivity contribution in [3.05, 3.63) is 11.6 Å². The molecule has 0 spiro atoms. The quantitative estimate of drug-likeness (QED) is 0.452. The van der Waals surface area contributed by atoms with Gasteiger partial charge in [0.1, 0.15) is 0 Å². The highest BCUT2D eigenvalue weighted by Crippen LogP contribution is 1.90. The lowest BCUT2D eigenvalue weighted by atomic mass is 10.3. The van der Waals surface area contributed by atoms with Crippen molar-refractivity contribution in [2.75, 3.05) is 0 Å². The summed E-state index contributed by atoms with van der Waals surface area (Å²) in [7, 11) is 0. The first-order chi connectivity index (χ1) is 5.16. The van der Waals surface area contributed by atoms with E-state index in [2.05, 4.69) is 11.9 Å². The van der Waals surface area contributed by atoms with Gasteiger partial charge in [-0.15, -0.1) is 0 Å². The van der Waals surface area contributed by atoms with Crippen molar-refractivity contribution in [1.29, 1.82) is 0 Å². The zero-order valence-corrected chi connectivity index (χ0v) is 7.42. The van der Waals surface area contributed by atoms with Gasteiger partial charge < -0.3 is 0 Å². The van der Waals surface area contributed by atoms with E-state index in [0.29, 0.717) is 0 Å². The number of nitrogens with zero attached hydrogens (tertiary/aromatic N) is 1. The minimum absolute atomic E-state index is 0.154. The summed E-state index contributed by atoms with van der Waals surface area (Å²) in [6.07, 6.45) is 5.11. The van der Waals surface area contributed by atoms with Crippen LogP contribution in [0, 0.1) is 0 Å². The Morgan fingerprint density at radius 1 is 1.45 bits per heavy atom. The second-order valence-corrected chi connectivity index (χ2v) is 2.66. The smallest absolute Gasteiger partial charge is 0.267 e. The summed E-state index contributed by atoms with van der Waals surface area (Å²) in [6, 6.07) is 0. The van der Waals surface area contributed by atoms with E-state index < -0.39 is 0 Å². The van der Waals surface area contributed by atoms with Gasteiger partial charge in [0.25, 0.3) is 5.91 Å². The van der Waals surface area contributed by atoms with E-state index in [-0.39, 0.29) is 5.91 Å². The highest BCUT2D eigenvalue weighted by Gasteiger charge is 1.88. The first kappa shape index (κ1) is 10.1. The van der Waals surface area contributed by atoms with Crippen LogP contribution in [0.3, 0.4) is 0 Å². The number of allylic oxidation sites excluding steroid dienone is 1. The normalized spacial score (nSPS) is 10.1. The molecule has 1 amide bonds. The molecule has 2 nitrogen and oxygen atoms in total. The number of rotatable bonds is 3. The molecule has 0 saturated heterocycles. The minimum atomic E-state index is -0.154. The molecular weight excluding hydrogens is 138 g/mol. The summed E-state index contributed by atoms with van der Waals surface area (Å²) >= 11 is 0. The molecule has 0 N–H and O–H groups in total. The first-order valence-electron chi connectivity index (χ1n) is 3.88. The Hall–Kier alpha value is -0.920. The molecule has 0 aliphatic heterocycles. The Kier molecular flexibility index (Phi) is 5.35. The third-order valence-corrected chi connectivity index (χ3v) is 1.05. The topological polar surface area (TPSA) is 29.4 Å². The molecule has 0 atom stereocenters. The molecule has 0 radical (unpaired) electrons. The van der Waals surface area contributed by atoms with E-state index >= 15 is 0 Å². The number of carbonyl (C=O) groups is 1. The van der Waals surface area contributed by atoms with Crippen LogP contribution in [0.2, 0.25) is 0 Å². The maximum absolute atomic E-state index is 10.9. The fourth-order valence-electron chi connectivity index (χ4n) is 0.568. The van der Waals surface area contributed by atoms with Crippen molar-refractivity contribution in [2.24, 2.45) is 4.99 Å². The molecule has 0 rings (SSSR count). The summed E-state index contributed by atoms with van der Waals surface area (Å²) < 4.78 is 0. The summed E-state index contributed by atoms with van der Waals surface area (Å²) in [5.74, 6) is -0.154. The van der Waals surface area contributed by atoms with Crippen LogP contribution >= 0.6 is 0 Å². The van der Waals surface area contributed by atoms with Crippen LogP contribution in [0.5, 0.6) is 0 Å². The van der Waals surface area contributed by atoms with Gasteiger partial charge in [0, 0.05) is 12.3 Å². The molecule has 0 fully saturated rings. The van der Waals surface area contributed by atoms with Gasteiger partial charge in [-0.25, -0.2) is 4.99 Å². The number of hydrogen-bond donors (Lipinski definition) is 0. The predicted octanol–water partition coefficient (Wildman–Crippen LogP) is 2.35. The van der Waals surface area contributed by atoms with E-state index in [0.717, 1.165) is 18.4 Å². The van der Waals surface area contributed by atoms with Gasteiger partial charge in [-0.1, -0.05) is 18.9 Å². The molecule has 0 aromatic heterocycles. The lowest BCUT2D eigenvalue weighted by Crippen LogP contribution is -1.88. The average Bonchev–Trinajstić information content (AvgIpc) is 1.86. The Bertz CT molecular complexity index is 176. The van der Waals surface area contributed by atoms with Crippen molar-refractivity contribution in [3.8, 4) is 0 Å². The fraction of sp³-hybridized carbons (Fsp3) is 0.556. The maximum Gasteiger partial charge on any atom is 0.269 e. The van der Waals surface area contributed by atoms with Crippen LogP contribution in [0.1, 0.15) is 33.6 Å². The standard InChI is InChI=1S/C9H15NO/c1-4-5-6-10-9(11)7-8(2)3/h6-7H,4-5H2,1-3H3. The van der Waals surface area contributed by atoms with E-state index in [1.165, 1.54) is 6.08 Å². The number of carbonyl (C=O) groups excluding carboxylic acids is 1. The average molecular weight is 153 g/mol. The van der Waals surface area contributed by atoms with E-state index in [1.54, 1.807) is 6.21 Å². The molecule has 62 valence electrons. The molecule has 0 bridgehead atoms. The van der Waals surface area contributed by atoms with E-state index in [9.17, 15) is 4.79 Å². The Balaban J connectivity index is 3.78. The van der Waals surface area contributed by atoms with Gasteiger partial charge >= 0.3 is 0 Å². The molecule has 0 aliphatic carbocycles. The molecular formula is C9H15NO.